The third-order valence-electron chi connectivity index (χ3n) is 3.63. The summed E-state index contributed by atoms with van der Waals surface area (Å²) in [5.41, 5.74) is 3.89. The van der Waals surface area contributed by atoms with Crippen LogP contribution >= 0.6 is 11.6 Å². The Morgan fingerprint density at radius 1 is 0.926 bits per heavy atom. The van der Waals surface area contributed by atoms with Crippen molar-refractivity contribution in [2.24, 2.45) is 5.10 Å². The molecule has 2 aromatic carbocycles. The molecule has 1 aromatic heterocycles. The SMILES string of the molecule is Cc1ccc(C=NNC(=O)c2ccc(NC(=O)c3ccc(Cl)cc3)cc2)o1. The minimum atomic E-state index is -0.370. The summed E-state index contributed by atoms with van der Waals surface area (Å²) < 4.78 is 5.32. The number of rotatable bonds is 5. The number of furan rings is 1. The highest BCUT2D eigenvalue weighted by atomic mass is 35.5. The van der Waals surface area contributed by atoms with E-state index in [1.165, 1.54) is 6.21 Å². The fraction of sp³-hybridized carbons (Fsp3) is 0.0500. The molecule has 0 radical (unpaired) electrons. The van der Waals surface area contributed by atoms with Gasteiger partial charge < -0.3 is 9.73 Å². The van der Waals surface area contributed by atoms with E-state index in [0.29, 0.717) is 27.6 Å². The van der Waals surface area contributed by atoms with Crippen molar-refractivity contribution in [1.82, 2.24) is 5.43 Å². The minimum Gasteiger partial charge on any atom is -0.460 e. The van der Waals surface area contributed by atoms with Gasteiger partial charge in [0.15, 0.2) is 0 Å². The molecule has 136 valence electrons. The van der Waals surface area contributed by atoms with Gasteiger partial charge in [-0.3, -0.25) is 9.59 Å². The number of hydrazone groups is 1. The first-order chi connectivity index (χ1) is 13.0. The molecule has 27 heavy (non-hydrogen) atoms. The fourth-order valence-corrected chi connectivity index (χ4v) is 2.38. The quantitative estimate of drug-likeness (QED) is 0.511. The Bertz CT molecular complexity index is 976. The molecular weight excluding hydrogens is 366 g/mol. The molecule has 0 spiro atoms. The number of nitrogens with zero attached hydrogens (tertiary/aromatic N) is 1. The summed E-state index contributed by atoms with van der Waals surface area (Å²) in [4.78, 5) is 24.2. The van der Waals surface area contributed by atoms with Crippen molar-refractivity contribution in [2.75, 3.05) is 5.32 Å². The van der Waals surface area contributed by atoms with Crippen LogP contribution in [0.5, 0.6) is 0 Å². The van der Waals surface area contributed by atoms with Crippen LogP contribution in [0.1, 0.15) is 32.2 Å². The van der Waals surface area contributed by atoms with Crippen molar-refractivity contribution in [3.8, 4) is 0 Å². The predicted octanol–water partition coefficient (Wildman–Crippen LogP) is 4.26. The molecule has 3 rings (SSSR count). The second-order valence-corrected chi connectivity index (χ2v) is 6.12. The maximum Gasteiger partial charge on any atom is 0.271 e. The lowest BCUT2D eigenvalue weighted by Gasteiger charge is -2.06. The van der Waals surface area contributed by atoms with Gasteiger partial charge in [0.05, 0.1) is 6.21 Å². The molecule has 0 fully saturated rings. The summed E-state index contributed by atoms with van der Waals surface area (Å²) in [5.74, 6) is 0.680. The molecule has 0 aliphatic rings. The number of halogens is 1. The molecule has 0 aliphatic heterocycles. The van der Waals surface area contributed by atoms with E-state index in [1.54, 1.807) is 60.7 Å². The van der Waals surface area contributed by atoms with Gasteiger partial charge in [0.1, 0.15) is 11.5 Å². The molecule has 2 amide bonds. The molecule has 0 aliphatic carbocycles. The molecule has 2 N–H and O–H groups in total. The van der Waals surface area contributed by atoms with Gasteiger partial charge in [0, 0.05) is 21.8 Å². The fourth-order valence-electron chi connectivity index (χ4n) is 2.25. The predicted molar refractivity (Wildman–Crippen MR) is 104 cm³/mol. The third kappa shape index (κ3) is 5.05. The molecule has 0 saturated carbocycles. The van der Waals surface area contributed by atoms with Crippen LogP contribution in [0.3, 0.4) is 0 Å². The highest BCUT2D eigenvalue weighted by Gasteiger charge is 2.08. The van der Waals surface area contributed by atoms with Crippen molar-refractivity contribution >= 4 is 35.3 Å². The van der Waals surface area contributed by atoms with E-state index in [1.807, 2.05) is 6.92 Å². The lowest BCUT2D eigenvalue weighted by atomic mass is 10.1. The number of carbonyl (C=O) groups is 2. The number of amides is 2. The summed E-state index contributed by atoms with van der Waals surface area (Å²) >= 11 is 5.81. The van der Waals surface area contributed by atoms with Crippen LogP contribution in [0.15, 0.2) is 70.2 Å². The Morgan fingerprint density at radius 2 is 1.56 bits per heavy atom. The van der Waals surface area contributed by atoms with Crippen LogP contribution in [-0.4, -0.2) is 18.0 Å². The Balaban J connectivity index is 1.57. The number of anilines is 1. The summed E-state index contributed by atoms with van der Waals surface area (Å²) in [7, 11) is 0. The molecule has 0 atom stereocenters. The van der Waals surface area contributed by atoms with Gasteiger partial charge in [-0.05, 0) is 67.6 Å². The van der Waals surface area contributed by atoms with Crippen LogP contribution < -0.4 is 10.7 Å². The zero-order valence-electron chi connectivity index (χ0n) is 14.4. The van der Waals surface area contributed by atoms with Crippen LogP contribution in [0.4, 0.5) is 5.69 Å². The topological polar surface area (TPSA) is 83.7 Å². The highest BCUT2D eigenvalue weighted by Crippen LogP contribution is 2.14. The summed E-state index contributed by atoms with van der Waals surface area (Å²) in [6.07, 6.45) is 1.42. The Morgan fingerprint density at radius 3 is 2.19 bits per heavy atom. The average Bonchev–Trinajstić information content (AvgIpc) is 3.08. The lowest BCUT2D eigenvalue weighted by Crippen LogP contribution is -2.17. The van der Waals surface area contributed by atoms with Gasteiger partial charge in [-0.2, -0.15) is 5.10 Å². The van der Waals surface area contributed by atoms with E-state index in [-0.39, 0.29) is 11.8 Å². The summed E-state index contributed by atoms with van der Waals surface area (Å²) in [6.45, 7) is 1.82. The van der Waals surface area contributed by atoms with Crippen molar-refractivity contribution < 1.29 is 14.0 Å². The van der Waals surface area contributed by atoms with Crippen molar-refractivity contribution in [3.63, 3.8) is 0 Å². The first-order valence-corrected chi connectivity index (χ1v) is 8.46. The second-order valence-electron chi connectivity index (χ2n) is 5.69. The second kappa shape index (κ2) is 8.33. The zero-order valence-corrected chi connectivity index (χ0v) is 15.2. The van der Waals surface area contributed by atoms with E-state index in [0.717, 1.165) is 5.76 Å². The molecule has 3 aromatic rings. The number of carbonyl (C=O) groups excluding carboxylic acids is 2. The minimum absolute atomic E-state index is 0.262. The van der Waals surface area contributed by atoms with Gasteiger partial charge in [0.25, 0.3) is 11.8 Å². The van der Waals surface area contributed by atoms with Crippen LogP contribution in [-0.2, 0) is 0 Å². The Labute approximate surface area is 160 Å². The van der Waals surface area contributed by atoms with Crippen LogP contribution in [0, 0.1) is 6.92 Å². The van der Waals surface area contributed by atoms with E-state index >= 15 is 0 Å². The molecule has 0 saturated heterocycles. The standard InChI is InChI=1S/C20H16ClN3O3/c1-13-2-11-18(27-13)12-22-24-20(26)15-5-9-17(10-6-15)23-19(25)14-3-7-16(21)8-4-14/h2-12H,1H3,(H,23,25)(H,24,26). The third-order valence-corrected chi connectivity index (χ3v) is 3.88. The van der Waals surface area contributed by atoms with Crippen molar-refractivity contribution in [2.45, 2.75) is 6.92 Å². The number of benzene rings is 2. The van der Waals surface area contributed by atoms with E-state index in [4.69, 9.17) is 16.0 Å². The summed E-state index contributed by atoms with van der Waals surface area (Å²) in [6, 6.07) is 16.6. The average molecular weight is 382 g/mol. The lowest BCUT2D eigenvalue weighted by molar-refractivity contribution is 0.0954. The summed E-state index contributed by atoms with van der Waals surface area (Å²) in [5, 5.41) is 7.17. The molecule has 0 unspecified atom stereocenters. The highest BCUT2D eigenvalue weighted by molar-refractivity contribution is 6.30. The Hall–Kier alpha value is -3.38. The number of hydrogen-bond acceptors (Lipinski definition) is 4. The normalized spacial score (nSPS) is 10.7. The molecule has 0 bridgehead atoms. The van der Waals surface area contributed by atoms with Gasteiger partial charge in [-0.15, -0.1) is 0 Å². The molecule has 6 nitrogen and oxygen atoms in total. The van der Waals surface area contributed by atoms with Gasteiger partial charge in [-0.25, -0.2) is 5.43 Å². The van der Waals surface area contributed by atoms with E-state index in [2.05, 4.69) is 15.8 Å². The number of nitrogens with one attached hydrogen (secondary N) is 2. The molecule has 7 heteroatoms. The first-order valence-electron chi connectivity index (χ1n) is 8.08. The van der Waals surface area contributed by atoms with E-state index in [9.17, 15) is 9.59 Å². The number of hydrogen-bond donors (Lipinski definition) is 2. The molecule has 1 heterocycles. The largest absolute Gasteiger partial charge is 0.460 e. The maximum atomic E-state index is 12.2. The van der Waals surface area contributed by atoms with Gasteiger partial charge in [0.2, 0.25) is 0 Å². The van der Waals surface area contributed by atoms with Gasteiger partial charge >= 0.3 is 0 Å². The maximum absolute atomic E-state index is 12.2. The smallest absolute Gasteiger partial charge is 0.271 e. The Kier molecular flexibility index (Phi) is 5.68. The van der Waals surface area contributed by atoms with E-state index < -0.39 is 0 Å². The van der Waals surface area contributed by atoms with Crippen molar-refractivity contribution in [3.05, 3.63) is 88.3 Å². The first kappa shape index (κ1) is 18.4. The van der Waals surface area contributed by atoms with Crippen LogP contribution in [0.25, 0.3) is 0 Å². The monoisotopic (exact) mass is 381 g/mol. The van der Waals surface area contributed by atoms with Crippen molar-refractivity contribution in [1.29, 1.82) is 0 Å². The number of aryl methyl sites for hydroxylation is 1. The van der Waals surface area contributed by atoms with Crippen LogP contribution in [0.2, 0.25) is 5.02 Å². The van der Waals surface area contributed by atoms with Gasteiger partial charge in [-0.1, -0.05) is 11.6 Å². The molecular formula is C20H16ClN3O3. The zero-order chi connectivity index (χ0) is 19.2.